The number of carbonyl (C=O) groups excluding carboxylic acids is 3. The summed E-state index contributed by atoms with van der Waals surface area (Å²) in [6.07, 6.45) is 1.62. The zero-order chi connectivity index (χ0) is 31.3. The predicted octanol–water partition coefficient (Wildman–Crippen LogP) is 5.26. The van der Waals surface area contributed by atoms with E-state index in [1.54, 1.807) is 13.8 Å². The first-order chi connectivity index (χ1) is 19.0. The van der Waals surface area contributed by atoms with Gasteiger partial charge in [-0.3, -0.25) is 14.4 Å². The van der Waals surface area contributed by atoms with Gasteiger partial charge >= 0.3 is 21.6 Å². The Labute approximate surface area is 254 Å². The lowest BCUT2D eigenvalue weighted by atomic mass is 9.85. The molecule has 2 atom stereocenters. The molecule has 1 heterocycles. The van der Waals surface area contributed by atoms with Gasteiger partial charge in [0.15, 0.2) is 5.79 Å². The van der Waals surface area contributed by atoms with Crippen molar-refractivity contribution in [1.82, 2.24) is 0 Å². The molecule has 0 bridgehead atoms. The van der Waals surface area contributed by atoms with Crippen molar-refractivity contribution < 1.29 is 61.1 Å². The summed E-state index contributed by atoms with van der Waals surface area (Å²) >= 11 is 4.33. The molecule has 1 saturated heterocycles. The summed E-state index contributed by atoms with van der Waals surface area (Å²) in [5.41, 5.74) is 0. The molecule has 2 saturated carbocycles. The molecule has 1 spiro atoms. The average molecular weight is 732 g/mol. The Balaban J connectivity index is 0.000000341. The number of ketones is 1. The Hall–Kier alpha value is -0.870. The molecule has 3 rings (SSSR count). The van der Waals surface area contributed by atoms with Gasteiger partial charge in [-0.25, -0.2) is 0 Å². The maximum Gasteiger partial charge on any atom is 0.308 e. The SMILES string of the molecule is CCOC(=O)C1CCC(=O)CC1.CCOC(=O)C1CCC2(CC1)OCC(CC(F)(F)Br)O2.OCC(O)CC(F)(F)Br. The first-order valence-electron chi connectivity index (χ1n) is 13.6. The van der Waals surface area contributed by atoms with Crippen LogP contribution >= 0.6 is 31.9 Å². The zero-order valence-corrected chi connectivity index (χ0v) is 26.4. The summed E-state index contributed by atoms with van der Waals surface area (Å²) in [5, 5.41) is 16.5. The van der Waals surface area contributed by atoms with E-state index < -0.39 is 47.1 Å². The van der Waals surface area contributed by atoms with Gasteiger partial charge in [0.25, 0.3) is 0 Å². The second-order valence-electron chi connectivity index (χ2n) is 10.0. The number of esters is 2. The van der Waals surface area contributed by atoms with E-state index in [1.165, 1.54) is 0 Å². The lowest BCUT2D eigenvalue weighted by Gasteiger charge is -2.35. The highest BCUT2D eigenvalue weighted by Crippen LogP contribution is 2.43. The van der Waals surface area contributed by atoms with Gasteiger partial charge in [-0.1, -0.05) is 0 Å². The number of rotatable bonds is 9. The average Bonchev–Trinajstić information content (AvgIpc) is 3.24. The number of aliphatic hydroxyl groups is 2. The number of hydrogen-bond donors (Lipinski definition) is 2. The number of hydrogen-bond acceptors (Lipinski definition) is 9. The van der Waals surface area contributed by atoms with Crippen molar-refractivity contribution in [2.24, 2.45) is 11.8 Å². The third-order valence-electron chi connectivity index (χ3n) is 6.58. The Morgan fingerprint density at radius 1 is 0.976 bits per heavy atom. The van der Waals surface area contributed by atoms with Crippen molar-refractivity contribution >= 4 is 49.6 Å². The molecule has 3 aliphatic rings. The van der Waals surface area contributed by atoms with E-state index in [0.717, 1.165) is 0 Å². The van der Waals surface area contributed by atoms with E-state index >= 15 is 0 Å². The van der Waals surface area contributed by atoms with Crippen LogP contribution in [0.5, 0.6) is 0 Å². The second-order valence-corrected chi connectivity index (χ2v) is 12.3. The summed E-state index contributed by atoms with van der Waals surface area (Å²) in [4.78, 5) is 27.6. The summed E-state index contributed by atoms with van der Waals surface area (Å²) in [5.74, 6) is -0.997. The molecule has 9 nitrogen and oxygen atoms in total. The number of Topliss-reactive ketones (excluding diaryl/α,β-unsaturated/α-hetero) is 1. The number of carbonyl (C=O) groups is 3. The van der Waals surface area contributed by atoms with Gasteiger partial charge < -0.3 is 29.2 Å². The molecule has 0 aromatic rings. The number of aliphatic hydroxyl groups excluding tert-OH is 2. The first-order valence-corrected chi connectivity index (χ1v) is 15.2. The summed E-state index contributed by atoms with van der Waals surface area (Å²) in [7, 11) is 0. The van der Waals surface area contributed by atoms with Crippen LogP contribution < -0.4 is 0 Å². The van der Waals surface area contributed by atoms with Crippen LogP contribution in [-0.4, -0.2) is 82.0 Å². The van der Waals surface area contributed by atoms with Gasteiger partial charge in [0, 0.05) is 25.7 Å². The third-order valence-corrected chi connectivity index (χ3v) is 7.23. The van der Waals surface area contributed by atoms with Gasteiger partial charge in [0.2, 0.25) is 0 Å². The normalized spacial score (nSPS) is 25.9. The molecule has 0 amide bonds. The minimum atomic E-state index is -3.07. The second kappa shape index (κ2) is 18.1. The fourth-order valence-electron chi connectivity index (χ4n) is 4.56. The Kier molecular flexibility index (Phi) is 16.8. The highest BCUT2D eigenvalue weighted by molar-refractivity contribution is 9.10. The molecule has 41 heavy (non-hydrogen) atoms. The minimum Gasteiger partial charge on any atom is -0.466 e. The van der Waals surface area contributed by atoms with Crippen molar-refractivity contribution in [3.8, 4) is 0 Å². The predicted molar refractivity (Wildman–Crippen MR) is 146 cm³/mol. The van der Waals surface area contributed by atoms with Crippen molar-refractivity contribution in [1.29, 1.82) is 0 Å². The van der Waals surface area contributed by atoms with E-state index in [2.05, 4.69) is 15.9 Å². The number of alkyl halides is 6. The van der Waals surface area contributed by atoms with Crippen LogP contribution in [0.15, 0.2) is 0 Å². The van der Waals surface area contributed by atoms with Gasteiger partial charge in [-0.15, -0.1) is 0 Å². The third kappa shape index (κ3) is 16.0. The van der Waals surface area contributed by atoms with Crippen LogP contribution in [-0.2, 0) is 33.3 Å². The summed E-state index contributed by atoms with van der Waals surface area (Å²) < 4.78 is 70.5. The van der Waals surface area contributed by atoms with Crippen molar-refractivity contribution in [3.63, 3.8) is 0 Å². The molecular weight excluding hydrogens is 692 g/mol. The van der Waals surface area contributed by atoms with Crippen LogP contribution in [0.1, 0.15) is 78.1 Å². The number of halogens is 6. The maximum absolute atomic E-state index is 12.9. The van der Waals surface area contributed by atoms with Gasteiger partial charge in [0.05, 0.1) is 63.3 Å². The van der Waals surface area contributed by atoms with Gasteiger partial charge in [-0.2, -0.15) is 17.6 Å². The lowest BCUT2D eigenvalue weighted by molar-refractivity contribution is -0.198. The van der Waals surface area contributed by atoms with Crippen LogP contribution in [0.25, 0.3) is 0 Å². The standard InChI is InChI=1S/C13H19BrF2O4.C9H14O3.C4H7BrF2O2/c1-2-18-11(17)9-3-5-12(6-4-9)19-8-10(20-12)7-13(14,15)16;1-2-12-9(11)7-3-5-8(10)6-4-7;5-4(6,7)1-3(9)2-8/h9-10H,2-8H2,1H3;7H,2-6H2,1H3;3,8-9H,1-2H2. The highest BCUT2D eigenvalue weighted by Gasteiger charge is 2.47. The largest absolute Gasteiger partial charge is 0.466 e. The topological polar surface area (TPSA) is 129 Å². The maximum atomic E-state index is 12.9. The van der Waals surface area contributed by atoms with Gasteiger partial charge in [-0.05, 0) is 71.4 Å². The summed E-state index contributed by atoms with van der Waals surface area (Å²) in [6.45, 7) is 3.91. The Bertz CT molecular complexity index is 806. The van der Waals surface area contributed by atoms with Crippen molar-refractivity contribution in [2.75, 3.05) is 26.4 Å². The molecule has 2 N–H and O–H groups in total. The molecule has 15 heteroatoms. The number of ether oxygens (including phenoxy) is 4. The molecule has 2 unspecified atom stereocenters. The smallest absolute Gasteiger partial charge is 0.308 e. The first kappa shape index (κ1) is 38.2. The molecule has 0 aromatic heterocycles. The van der Waals surface area contributed by atoms with E-state index in [0.29, 0.717) is 64.6 Å². The van der Waals surface area contributed by atoms with Crippen molar-refractivity contribution in [3.05, 3.63) is 0 Å². The van der Waals surface area contributed by atoms with Crippen LogP contribution in [0.4, 0.5) is 17.6 Å². The zero-order valence-electron chi connectivity index (χ0n) is 23.2. The molecule has 0 aromatic carbocycles. The summed E-state index contributed by atoms with van der Waals surface area (Å²) in [6, 6.07) is 0. The molecule has 1 aliphatic heterocycles. The van der Waals surface area contributed by atoms with Crippen molar-refractivity contribution in [2.45, 2.75) is 106 Å². The monoisotopic (exact) mass is 730 g/mol. The van der Waals surface area contributed by atoms with Crippen LogP contribution in [0.2, 0.25) is 0 Å². The van der Waals surface area contributed by atoms with Crippen LogP contribution in [0.3, 0.4) is 0 Å². The minimum absolute atomic E-state index is 0.0253. The molecule has 240 valence electrons. The quantitative estimate of drug-likeness (QED) is 0.186. The fraction of sp³-hybridized carbons (Fsp3) is 0.885. The van der Waals surface area contributed by atoms with Gasteiger partial charge in [0.1, 0.15) is 5.78 Å². The van der Waals surface area contributed by atoms with E-state index in [4.69, 9.17) is 29.2 Å². The highest BCUT2D eigenvalue weighted by atomic mass is 79.9. The lowest BCUT2D eigenvalue weighted by Crippen LogP contribution is -2.38. The van der Waals surface area contributed by atoms with Crippen LogP contribution in [0, 0.1) is 11.8 Å². The Morgan fingerprint density at radius 2 is 1.46 bits per heavy atom. The molecule has 3 fully saturated rings. The molecule has 0 radical (unpaired) electrons. The van der Waals surface area contributed by atoms with E-state index in [9.17, 15) is 31.9 Å². The molecule has 2 aliphatic carbocycles. The van der Waals surface area contributed by atoms with E-state index in [-0.39, 0.29) is 36.2 Å². The van der Waals surface area contributed by atoms with E-state index in [1.807, 2.05) is 15.9 Å². The Morgan fingerprint density at radius 3 is 1.85 bits per heavy atom. The molecular formula is C26H40Br2F4O9. The fourth-order valence-corrected chi connectivity index (χ4v) is 5.29.